The van der Waals surface area contributed by atoms with Crippen LogP contribution in [0.4, 0.5) is 20.2 Å². The third kappa shape index (κ3) is 4.42. The van der Waals surface area contributed by atoms with Crippen LogP contribution in [0.3, 0.4) is 0 Å². The van der Waals surface area contributed by atoms with E-state index in [4.69, 9.17) is 0 Å². The van der Waals surface area contributed by atoms with Crippen LogP contribution >= 0.6 is 0 Å². The number of piperidine rings is 1. The first-order valence-corrected chi connectivity index (χ1v) is 8.72. The topological polar surface area (TPSA) is 58.6 Å². The molecule has 0 atom stereocenters. The Hall–Kier alpha value is -2.96. The van der Waals surface area contributed by atoms with Crippen molar-refractivity contribution in [3.63, 3.8) is 0 Å². The van der Waals surface area contributed by atoms with Crippen LogP contribution in [0.15, 0.2) is 42.5 Å². The molecule has 27 heavy (non-hydrogen) atoms. The minimum absolute atomic E-state index is 0.0155. The zero-order chi connectivity index (χ0) is 19.4. The Labute approximate surface area is 155 Å². The van der Waals surface area contributed by atoms with Crippen molar-refractivity contribution in [2.24, 2.45) is 0 Å². The Morgan fingerprint density at radius 1 is 1.15 bits per heavy atom. The zero-order valence-corrected chi connectivity index (χ0v) is 14.9. The highest BCUT2D eigenvalue weighted by Crippen LogP contribution is 2.27. The maximum Gasteiger partial charge on any atom is 0.387 e. The number of amides is 2. The average Bonchev–Trinajstić information content (AvgIpc) is 2.65. The molecule has 142 valence electrons. The summed E-state index contributed by atoms with van der Waals surface area (Å²) in [6.07, 6.45) is 2.41. The molecule has 2 aromatic rings. The Kier molecular flexibility index (Phi) is 5.69. The lowest BCUT2D eigenvalue weighted by molar-refractivity contribution is -0.119. The molecule has 0 radical (unpaired) electrons. The second-order valence-corrected chi connectivity index (χ2v) is 6.31. The smallest absolute Gasteiger partial charge is 0.387 e. The minimum Gasteiger partial charge on any atom is -0.434 e. The summed E-state index contributed by atoms with van der Waals surface area (Å²) < 4.78 is 29.3. The first-order valence-electron chi connectivity index (χ1n) is 8.72. The Morgan fingerprint density at radius 3 is 2.56 bits per heavy atom. The normalized spacial score (nSPS) is 14.4. The van der Waals surface area contributed by atoms with Crippen LogP contribution < -0.4 is 15.0 Å². The van der Waals surface area contributed by atoms with Gasteiger partial charge in [0.25, 0.3) is 5.91 Å². The number of carbonyl (C=O) groups excluding carboxylic acids is 2. The second kappa shape index (κ2) is 8.16. The summed E-state index contributed by atoms with van der Waals surface area (Å²) in [5, 5.41) is 2.70. The number of alkyl halides is 2. The van der Waals surface area contributed by atoms with Crippen molar-refractivity contribution >= 4 is 23.2 Å². The molecule has 1 fully saturated rings. The number of nitrogens with zero attached hydrogens (tertiary/aromatic N) is 1. The van der Waals surface area contributed by atoms with Gasteiger partial charge in [0.15, 0.2) is 0 Å². The Morgan fingerprint density at radius 2 is 1.89 bits per heavy atom. The lowest BCUT2D eigenvalue weighted by atomic mass is 10.1. The Balaban J connectivity index is 1.72. The van der Waals surface area contributed by atoms with Gasteiger partial charge in [-0.05, 0) is 56.2 Å². The molecule has 1 aliphatic heterocycles. The van der Waals surface area contributed by atoms with E-state index in [0.717, 1.165) is 18.5 Å². The summed E-state index contributed by atoms with van der Waals surface area (Å²) in [7, 11) is 0. The molecule has 1 heterocycles. The van der Waals surface area contributed by atoms with Crippen LogP contribution in [0.25, 0.3) is 0 Å². The molecule has 0 saturated carbocycles. The molecule has 1 saturated heterocycles. The maximum atomic E-state index is 12.5. The number of halogens is 2. The maximum absolute atomic E-state index is 12.5. The quantitative estimate of drug-likeness (QED) is 0.846. The van der Waals surface area contributed by atoms with Crippen LogP contribution in [-0.2, 0) is 4.79 Å². The summed E-state index contributed by atoms with van der Waals surface area (Å²) in [6.45, 7) is -0.654. The minimum atomic E-state index is -2.93. The van der Waals surface area contributed by atoms with Gasteiger partial charge in [0, 0.05) is 35.5 Å². The molecule has 1 aliphatic rings. The molecular formula is C20H20F2N2O3. The highest BCUT2D eigenvalue weighted by atomic mass is 19.3. The fourth-order valence-corrected chi connectivity index (χ4v) is 3.04. The van der Waals surface area contributed by atoms with Gasteiger partial charge in [0.05, 0.1) is 0 Å². The van der Waals surface area contributed by atoms with E-state index in [0.29, 0.717) is 29.8 Å². The van der Waals surface area contributed by atoms with Crippen molar-refractivity contribution in [1.82, 2.24) is 0 Å². The van der Waals surface area contributed by atoms with Crippen molar-refractivity contribution in [3.8, 4) is 5.75 Å². The van der Waals surface area contributed by atoms with Gasteiger partial charge >= 0.3 is 6.61 Å². The number of nitrogens with one attached hydrogen (secondary N) is 1. The van der Waals surface area contributed by atoms with Gasteiger partial charge in [0.1, 0.15) is 5.75 Å². The second-order valence-electron chi connectivity index (χ2n) is 6.31. The number of rotatable bonds is 5. The molecule has 7 heteroatoms. The zero-order valence-electron chi connectivity index (χ0n) is 14.9. The highest BCUT2D eigenvalue weighted by molar-refractivity contribution is 6.05. The van der Waals surface area contributed by atoms with Gasteiger partial charge in [-0.15, -0.1) is 0 Å². The standard InChI is InChI=1S/C20H20F2N2O3/c1-13-16(5-4-6-17(13)27-20(21)22)23-19(26)14-8-10-15(11-9-14)24-12-3-2-7-18(24)25/h4-6,8-11,20H,2-3,7,12H2,1H3,(H,23,26). The van der Waals surface area contributed by atoms with E-state index in [-0.39, 0.29) is 17.6 Å². The molecule has 0 aliphatic carbocycles. The van der Waals surface area contributed by atoms with E-state index in [2.05, 4.69) is 10.1 Å². The van der Waals surface area contributed by atoms with Gasteiger partial charge in [-0.25, -0.2) is 0 Å². The third-order valence-corrected chi connectivity index (χ3v) is 4.51. The van der Waals surface area contributed by atoms with Gasteiger partial charge < -0.3 is 15.0 Å². The molecule has 5 nitrogen and oxygen atoms in total. The van der Waals surface area contributed by atoms with Crippen LogP contribution in [-0.4, -0.2) is 25.0 Å². The van der Waals surface area contributed by atoms with Crippen molar-refractivity contribution < 1.29 is 23.1 Å². The number of carbonyl (C=O) groups is 2. The molecule has 1 N–H and O–H groups in total. The summed E-state index contributed by atoms with van der Waals surface area (Å²) in [5.74, 6) is -0.268. The first-order chi connectivity index (χ1) is 13.0. The summed E-state index contributed by atoms with van der Waals surface area (Å²) in [5.41, 5.74) is 1.98. The number of ether oxygens (including phenoxy) is 1. The fraction of sp³-hybridized carbons (Fsp3) is 0.300. The highest BCUT2D eigenvalue weighted by Gasteiger charge is 2.20. The molecule has 0 aromatic heterocycles. The van der Waals surface area contributed by atoms with E-state index >= 15 is 0 Å². The van der Waals surface area contributed by atoms with Gasteiger partial charge in [-0.1, -0.05) is 6.07 Å². The van der Waals surface area contributed by atoms with Crippen LogP contribution in [0.1, 0.15) is 35.2 Å². The average molecular weight is 374 g/mol. The lowest BCUT2D eigenvalue weighted by Gasteiger charge is -2.26. The van der Waals surface area contributed by atoms with Crippen LogP contribution in [0.2, 0.25) is 0 Å². The van der Waals surface area contributed by atoms with Crippen molar-refractivity contribution in [1.29, 1.82) is 0 Å². The summed E-state index contributed by atoms with van der Waals surface area (Å²) in [4.78, 5) is 26.2. The number of hydrogen-bond donors (Lipinski definition) is 1. The third-order valence-electron chi connectivity index (χ3n) is 4.51. The van der Waals surface area contributed by atoms with Gasteiger partial charge in [0.2, 0.25) is 5.91 Å². The SMILES string of the molecule is Cc1c(NC(=O)c2ccc(N3CCCCC3=O)cc2)cccc1OC(F)F. The van der Waals surface area contributed by atoms with E-state index in [1.807, 2.05) is 0 Å². The summed E-state index contributed by atoms with van der Waals surface area (Å²) >= 11 is 0. The fourth-order valence-electron chi connectivity index (χ4n) is 3.04. The number of anilines is 2. The first kappa shape index (κ1) is 18.8. The molecule has 0 spiro atoms. The predicted octanol–water partition coefficient (Wildman–Crippen LogP) is 4.37. The van der Waals surface area contributed by atoms with Crippen molar-refractivity contribution in [3.05, 3.63) is 53.6 Å². The van der Waals surface area contributed by atoms with Crippen LogP contribution in [0.5, 0.6) is 5.75 Å². The molecule has 0 unspecified atom stereocenters. The van der Waals surface area contributed by atoms with Crippen molar-refractivity contribution in [2.75, 3.05) is 16.8 Å². The van der Waals surface area contributed by atoms with Gasteiger partial charge in [-0.3, -0.25) is 9.59 Å². The monoisotopic (exact) mass is 374 g/mol. The van der Waals surface area contributed by atoms with E-state index in [1.165, 1.54) is 12.1 Å². The van der Waals surface area contributed by atoms with E-state index in [1.54, 1.807) is 42.2 Å². The molecule has 0 bridgehead atoms. The molecule has 2 amide bonds. The van der Waals surface area contributed by atoms with Gasteiger partial charge in [-0.2, -0.15) is 8.78 Å². The number of benzene rings is 2. The molecule has 3 rings (SSSR count). The summed E-state index contributed by atoms with van der Waals surface area (Å²) in [6, 6.07) is 11.3. The predicted molar refractivity (Wildman–Crippen MR) is 98.4 cm³/mol. The lowest BCUT2D eigenvalue weighted by Crippen LogP contribution is -2.35. The number of hydrogen-bond acceptors (Lipinski definition) is 3. The van der Waals surface area contributed by atoms with Crippen molar-refractivity contribution in [2.45, 2.75) is 32.8 Å². The molecular weight excluding hydrogens is 354 g/mol. The molecule has 2 aromatic carbocycles. The van der Waals surface area contributed by atoms with Crippen LogP contribution in [0, 0.1) is 6.92 Å². The van der Waals surface area contributed by atoms with E-state index < -0.39 is 6.61 Å². The largest absolute Gasteiger partial charge is 0.434 e. The Bertz CT molecular complexity index is 838. The van der Waals surface area contributed by atoms with E-state index in [9.17, 15) is 18.4 Å².